The van der Waals surface area contributed by atoms with E-state index in [1.54, 1.807) is 37.3 Å². The number of carboxylic acid groups (broad SMARTS) is 1. The number of anilines is 1. The summed E-state index contributed by atoms with van der Waals surface area (Å²) in [6.07, 6.45) is 0.222. The molecule has 0 unspecified atom stereocenters. The maximum absolute atomic E-state index is 12.1. The average molecular weight is 309 g/mol. The molecule has 0 saturated heterocycles. The molecule has 0 saturated carbocycles. The van der Waals surface area contributed by atoms with E-state index in [0.29, 0.717) is 16.8 Å². The van der Waals surface area contributed by atoms with Gasteiger partial charge in [0.05, 0.1) is 0 Å². The Bertz CT molecular complexity index is 686. The van der Waals surface area contributed by atoms with E-state index in [0.717, 1.165) is 30.7 Å². The molecule has 0 radical (unpaired) electrons. The molecule has 2 aromatic carbocycles. The molecule has 0 atom stereocenters. The first-order valence-electron chi connectivity index (χ1n) is 6.77. The molecule has 0 heterocycles. The average Bonchev–Trinajstić information content (AvgIpc) is 2.50. The van der Waals surface area contributed by atoms with Crippen molar-refractivity contribution in [1.29, 1.82) is 0 Å². The van der Waals surface area contributed by atoms with E-state index in [2.05, 4.69) is 0 Å². The minimum atomic E-state index is -0.745. The summed E-state index contributed by atoms with van der Waals surface area (Å²) in [5.74, 6) is -0.965. The van der Waals surface area contributed by atoms with Crippen LogP contribution in [0.25, 0.3) is 0 Å². The number of aliphatic carboxylic acids is 1. The third-order valence-electron chi connectivity index (χ3n) is 2.99. The van der Waals surface area contributed by atoms with Crippen LogP contribution >= 0.6 is 0 Å². The van der Waals surface area contributed by atoms with Gasteiger partial charge < -0.3 is 5.11 Å². The molecule has 2 rings (SSSR count). The van der Waals surface area contributed by atoms with Crippen LogP contribution in [0.1, 0.15) is 29.3 Å². The number of rotatable bonds is 3. The molecule has 5 nitrogen and oxygen atoms in total. The Balaban J connectivity index is 0.000000422. The number of benzene rings is 2. The van der Waals surface area contributed by atoms with Crippen LogP contribution < -0.4 is 8.55 Å². The number of para-hydroxylation sites is 1. The van der Waals surface area contributed by atoms with Crippen LogP contribution in [0, 0.1) is 0 Å². The zero-order chi connectivity index (χ0) is 16.7. The molecule has 0 aliphatic carbocycles. The van der Waals surface area contributed by atoms with Gasteiger partial charge in [-0.25, -0.2) is 0 Å². The fraction of sp³-hybridized carbons (Fsp3) is 0.125. The summed E-state index contributed by atoms with van der Waals surface area (Å²) >= 11 is 0.853. The van der Waals surface area contributed by atoms with Crippen LogP contribution in [0.15, 0.2) is 42.5 Å². The molecule has 6 heteroatoms. The number of phenolic OH excluding ortho intramolecular Hbond substituents is 1. The van der Waals surface area contributed by atoms with Gasteiger partial charge in [0.1, 0.15) is 0 Å². The van der Waals surface area contributed by atoms with Crippen LogP contribution in [0.2, 0.25) is 0 Å². The Morgan fingerprint density at radius 1 is 1.18 bits per heavy atom. The van der Waals surface area contributed by atoms with E-state index in [1.807, 2.05) is 6.07 Å². The molecule has 22 heavy (non-hydrogen) atoms. The van der Waals surface area contributed by atoms with E-state index in [4.69, 9.17) is 10.8 Å². The van der Waals surface area contributed by atoms with Crippen LogP contribution in [0.5, 0.6) is 5.75 Å². The molecule has 2 aromatic rings. The monoisotopic (exact) mass is 309 g/mol. The van der Waals surface area contributed by atoms with Gasteiger partial charge in [0.25, 0.3) is 0 Å². The molecule has 4 N–H and O–H groups in total. The molecule has 0 spiro atoms. The number of carbonyl (C=O) groups is 2. The minimum absolute atomic E-state index is 0.00831. The van der Waals surface area contributed by atoms with Gasteiger partial charge in [-0.2, -0.15) is 0 Å². The van der Waals surface area contributed by atoms with E-state index >= 15 is 0 Å². The third kappa shape index (κ3) is 5.18. The Kier molecular flexibility index (Phi) is 7.11. The zero-order valence-electron chi connectivity index (χ0n) is 12.5. The second-order valence-corrected chi connectivity index (χ2v) is 5.74. The number of hydrogen-bond acceptors (Lipinski definition) is 4. The second-order valence-electron chi connectivity index (χ2n) is 4.66. The molecule has 0 aromatic heterocycles. The quantitative estimate of drug-likeness (QED) is 0.453. The van der Waals surface area contributed by atoms with E-state index in [-0.39, 0.29) is 18.0 Å². The number of carboxylic acids is 1. The van der Waals surface area contributed by atoms with Crippen LogP contribution in [0.3, 0.4) is 0 Å². The predicted molar refractivity (Wildman–Crippen MR) is 85.7 cm³/mol. The fourth-order valence-electron chi connectivity index (χ4n) is 1.60. The predicted octanol–water partition coefficient (Wildman–Crippen LogP) is 1.48. The van der Waals surface area contributed by atoms with Crippen molar-refractivity contribution in [2.24, 2.45) is 0 Å². The molecular weight excluding hydrogens is 293 g/mol. The molecule has 0 amide bonds. The number of nitrogens with two attached hydrogens (primary N) is 1. The fourth-order valence-corrected chi connectivity index (χ4v) is 1.91. The Morgan fingerprint density at radius 2 is 1.77 bits per heavy atom. The molecule has 0 aliphatic rings. The van der Waals surface area contributed by atoms with Crippen LogP contribution in [-0.4, -0.2) is 49.9 Å². The van der Waals surface area contributed by atoms with Gasteiger partial charge in [-0.1, -0.05) is 6.92 Å². The van der Waals surface area contributed by atoms with Gasteiger partial charge >= 0.3 is 123 Å². The standard InChI is InChI=1S/C13H10NO2.C3H6O2.Na/c14-10-5-3-4-9(8-10)13(16)11-6-1-2-7-12(11)15;1-2-3(4)5;/h1-4,6-8,15H,14H2;2H2,1H3,(H,4,5);. The van der Waals surface area contributed by atoms with Crippen molar-refractivity contribution in [3.8, 4) is 5.75 Å². The summed E-state index contributed by atoms with van der Waals surface area (Å²) in [5.41, 5.74) is 7.23. The van der Waals surface area contributed by atoms with E-state index < -0.39 is 5.97 Å². The summed E-state index contributed by atoms with van der Waals surface area (Å²) in [6, 6.07) is 11.8. The van der Waals surface area contributed by atoms with E-state index in [1.165, 1.54) is 6.07 Å². The molecule has 0 aliphatic heterocycles. The topological polar surface area (TPSA) is 101 Å². The van der Waals surface area contributed by atoms with Crippen molar-refractivity contribution in [1.82, 2.24) is 0 Å². The third-order valence-corrected chi connectivity index (χ3v) is 3.90. The molecule has 0 fully saturated rings. The van der Waals surface area contributed by atoms with Gasteiger partial charge in [0, 0.05) is 6.42 Å². The summed E-state index contributed by atoms with van der Waals surface area (Å²) in [4.78, 5) is 21.5. The van der Waals surface area contributed by atoms with Crippen molar-refractivity contribution in [3.63, 3.8) is 0 Å². The van der Waals surface area contributed by atoms with Crippen molar-refractivity contribution in [2.45, 2.75) is 13.3 Å². The maximum atomic E-state index is 12.1. The second kappa shape index (κ2) is 8.58. The van der Waals surface area contributed by atoms with Gasteiger partial charge in [-0.05, 0) is 0 Å². The number of nitrogen functional groups attached to an aromatic ring is 1. The van der Waals surface area contributed by atoms with Crippen molar-refractivity contribution >= 4 is 48.2 Å². The number of hydrogen-bond donors (Lipinski definition) is 3. The number of phenols is 1. The molecular formula is C16H16NNaO4. The van der Waals surface area contributed by atoms with Crippen LogP contribution in [0.4, 0.5) is 5.69 Å². The number of ketones is 1. The molecule has 110 valence electrons. The summed E-state index contributed by atoms with van der Waals surface area (Å²) in [5, 5.41) is 17.3. The van der Waals surface area contributed by atoms with Gasteiger partial charge in [0.15, 0.2) is 0 Å². The van der Waals surface area contributed by atoms with E-state index in [9.17, 15) is 14.7 Å². The summed E-state index contributed by atoms with van der Waals surface area (Å²) in [7, 11) is 0. The van der Waals surface area contributed by atoms with Crippen molar-refractivity contribution < 1.29 is 19.8 Å². The Hall–Kier alpha value is -1.82. The normalized spacial score (nSPS) is 9.59. The number of carbonyl (C=O) groups excluding carboxylic acids is 1. The first-order chi connectivity index (χ1) is 10.4. The first-order valence-corrected chi connectivity index (χ1v) is 7.77. The molecule has 0 bridgehead atoms. The zero-order valence-corrected chi connectivity index (χ0v) is 14.5. The Morgan fingerprint density at radius 3 is 2.27 bits per heavy atom. The number of aromatic hydroxyl groups is 1. The summed E-state index contributed by atoms with van der Waals surface area (Å²) < 4.78 is 1.07. The SMILES string of the molecule is CCC(=O)O.Nc1cc(C(=O)c2ccccc2O)cc[c]1[Na]. The van der Waals surface area contributed by atoms with Gasteiger partial charge in [-0.3, -0.25) is 4.79 Å². The van der Waals surface area contributed by atoms with Crippen molar-refractivity contribution in [2.75, 3.05) is 5.73 Å². The summed E-state index contributed by atoms with van der Waals surface area (Å²) in [6.45, 7) is 1.60. The van der Waals surface area contributed by atoms with Crippen molar-refractivity contribution in [3.05, 3.63) is 53.6 Å². The van der Waals surface area contributed by atoms with Gasteiger partial charge in [-0.15, -0.1) is 0 Å². The Labute approximate surface area is 146 Å². The first kappa shape index (κ1) is 18.2. The van der Waals surface area contributed by atoms with Gasteiger partial charge in [0.2, 0.25) is 0 Å². The van der Waals surface area contributed by atoms with Crippen LogP contribution in [-0.2, 0) is 4.79 Å².